The van der Waals surface area contributed by atoms with Crippen LogP contribution < -0.4 is 14.8 Å². The van der Waals surface area contributed by atoms with Crippen LogP contribution in [0.1, 0.15) is 29.0 Å². The van der Waals surface area contributed by atoms with Gasteiger partial charge in [0.05, 0.1) is 20.3 Å². The number of ether oxygens (including phenoxy) is 3. The van der Waals surface area contributed by atoms with E-state index in [0.29, 0.717) is 31.1 Å². The van der Waals surface area contributed by atoms with Crippen molar-refractivity contribution < 1.29 is 19.0 Å². The lowest BCUT2D eigenvalue weighted by Gasteiger charge is -2.26. The van der Waals surface area contributed by atoms with Gasteiger partial charge < -0.3 is 24.1 Å². The molecule has 1 amide bonds. The summed E-state index contributed by atoms with van der Waals surface area (Å²) in [6, 6.07) is 24.4. The average molecular weight is 528 g/mol. The van der Waals surface area contributed by atoms with E-state index in [-0.39, 0.29) is 11.8 Å². The molecule has 0 unspecified atom stereocenters. The van der Waals surface area contributed by atoms with Gasteiger partial charge in [-0.15, -0.1) is 0 Å². The quantitative estimate of drug-likeness (QED) is 0.305. The van der Waals surface area contributed by atoms with Gasteiger partial charge in [0.1, 0.15) is 6.61 Å². The van der Waals surface area contributed by atoms with Crippen molar-refractivity contribution in [1.82, 2.24) is 14.8 Å². The first-order valence-electron chi connectivity index (χ1n) is 13.6. The molecule has 1 aliphatic heterocycles. The largest absolute Gasteiger partial charge is 0.493 e. The zero-order valence-corrected chi connectivity index (χ0v) is 22.8. The van der Waals surface area contributed by atoms with Gasteiger partial charge in [0, 0.05) is 62.7 Å². The number of morpholine rings is 1. The number of para-hydroxylation sites is 1. The Morgan fingerprint density at radius 2 is 1.77 bits per heavy atom. The molecule has 4 aromatic rings. The molecule has 2 heterocycles. The molecule has 1 saturated heterocycles. The summed E-state index contributed by atoms with van der Waals surface area (Å²) < 4.78 is 19.4. The third-order valence-corrected chi connectivity index (χ3v) is 7.37. The van der Waals surface area contributed by atoms with Crippen molar-refractivity contribution >= 4 is 16.8 Å². The van der Waals surface area contributed by atoms with Crippen LogP contribution in [0.5, 0.6) is 11.5 Å². The van der Waals surface area contributed by atoms with Gasteiger partial charge in [0.15, 0.2) is 11.5 Å². The first-order chi connectivity index (χ1) is 19.1. The van der Waals surface area contributed by atoms with Crippen LogP contribution in [0.3, 0.4) is 0 Å². The number of nitrogens with one attached hydrogen (secondary N) is 1. The second-order valence-electron chi connectivity index (χ2n) is 9.96. The van der Waals surface area contributed by atoms with E-state index in [1.807, 2.05) is 67.7 Å². The van der Waals surface area contributed by atoms with E-state index in [9.17, 15) is 4.79 Å². The number of benzene rings is 3. The topological polar surface area (TPSA) is 65.0 Å². The Balaban J connectivity index is 1.40. The van der Waals surface area contributed by atoms with Crippen LogP contribution in [-0.4, -0.2) is 61.9 Å². The highest BCUT2D eigenvalue weighted by molar-refractivity contribution is 5.86. The van der Waals surface area contributed by atoms with Crippen LogP contribution in [0.4, 0.5) is 0 Å². The predicted octanol–water partition coefficient (Wildman–Crippen LogP) is 4.74. The van der Waals surface area contributed by atoms with Crippen LogP contribution in [0.15, 0.2) is 79.0 Å². The van der Waals surface area contributed by atoms with Crippen LogP contribution in [0.25, 0.3) is 10.9 Å². The first-order valence-corrected chi connectivity index (χ1v) is 13.6. The van der Waals surface area contributed by atoms with E-state index in [1.165, 1.54) is 0 Å². The lowest BCUT2D eigenvalue weighted by Crippen LogP contribution is -2.41. The van der Waals surface area contributed by atoms with E-state index in [1.54, 1.807) is 7.11 Å². The molecule has 0 radical (unpaired) electrons. The zero-order chi connectivity index (χ0) is 27.0. The van der Waals surface area contributed by atoms with E-state index in [4.69, 9.17) is 14.2 Å². The van der Waals surface area contributed by atoms with E-state index >= 15 is 0 Å². The van der Waals surface area contributed by atoms with E-state index in [0.717, 1.165) is 60.4 Å². The fraction of sp³-hybridized carbons (Fsp3) is 0.344. The van der Waals surface area contributed by atoms with Gasteiger partial charge >= 0.3 is 0 Å². The second-order valence-corrected chi connectivity index (χ2v) is 9.96. The van der Waals surface area contributed by atoms with Gasteiger partial charge in [-0.05, 0) is 34.9 Å². The minimum atomic E-state index is -0.149. The van der Waals surface area contributed by atoms with Crippen molar-refractivity contribution in [1.29, 1.82) is 0 Å². The number of hydrogen-bond donors (Lipinski definition) is 1. The Labute approximate surface area is 230 Å². The number of amides is 1. The molecule has 0 bridgehead atoms. The standard InChI is InChI=1S/C32H37N3O4/c1-34-22-28(26-10-6-7-11-29(26)34)27(21-32(36)33-14-15-35-16-18-38-19-17-35)25-12-13-30(37-2)31(20-25)39-23-24-8-4-3-5-9-24/h3-13,20,22,27H,14-19,21,23H2,1-2H3,(H,33,36)/t27-/m1/s1. The number of nitrogens with zero attached hydrogens (tertiary/aromatic N) is 2. The molecule has 1 N–H and O–H groups in total. The predicted molar refractivity (Wildman–Crippen MR) is 153 cm³/mol. The number of carbonyl (C=O) groups excluding carboxylic acids is 1. The van der Waals surface area contributed by atoms with Gasteiger partial charge in [-0.1, -0.05) is 54.6 Å². The summed E-state index contributed by atoms with van der Waals surface area (Å²) in [5, 5.41) is 4.30. The molecule has 39 heavy (non-hydrogen) atoms. The zero-order valence-electron chi connectivity index (χ0n) is 22.8. The highest BCUT2D eigenvalue weighted by atomic mass is 16.5. The van der Waals surface area contributed by atoms with Crippen molar-refractivity contribution in [2.45, 2.75) is 18.9 Å². The number of methoxy groups -OCH3 is 1. The van der Waals surface area contributed by atoms with E-state index in [2.05, 4.69) is 33.1 Å². The van der Waals surface area contributed by atoms with Crippen molar-refractivity contribution in [2.24, 2.45) is 7.05 Å². The molecule has 3 aromatic carbocycles. The summed E-state index contributed by atoms with van der Waals surface area (Å²) in [5.74, 6) is 1.21. The molecule has 1 fully saturated rings. The fourth-order valence-electron chi connectivity index (χ4n) is 5.25. The number of fused-ring (bicyclic) bond motifs is 1. The minimum Gasteiger partial charge on any atom is -0.493 e. The molecule has 7 heteroatoms. The molecule has 0 aliphatic carbocycles. The van der Waals surface area contributed by atoms with Gasteiger partial charge in [-0.25, -0.2) is 0 Å². The van der Waals surface area contributed by atoms with Crippen molar-refractivity contribution in [3.63, 3.8) is 0 Å². The average Bonchev–Trinajstić information content (AvgIpc) is 3.32. The summed E-state index contributed by atoms with van der Waals surface area (Å²) in [5.41, 5.74) is 4.35. The van der Waals surface area contributed by atoms with E-state index < -0.39 is 0 Å². The number of carbonyl (C=O) groups is 1. The van der Waals surface area contributed by atoms with Crippen LogP contribution in [0.2, 0.25) is 0 Å². The maximum atomic E-state index is 13.3. The Hall–Kier alpha value is -3.81. The fourth-order valence-corrected chi connectivity index (χ4v) is 5.25. The smallest absolute Gasteiger partial charge is 0.220 e. The Morgan fingerprint density at radius 1 is 1.00 bits per heavy atom. The molecule has 1 atom stereocenters. The van der Waals surface area contributed by atoms with Gasteiger partial charge in [0.2, 0.25) is 5.91 Å². The summed E-state index contributed by atoms with van der Waals surface area (Å²) in [4.78, 5) is 15.6. The molecule has 7 nitrogen and oxygen atoms in total. The molecule has 204 valence electrons. The van der Waals surface area contributed by atoms with Gasteiger partial charge in [0.25, 0.3) is 0 Å². The van der Waals surface area contributed by atoms with Crippen LogP contribution in [-0.2, 0) is 23.2 Å². The molecule has 1 aliphatic rings. The van der Waals surface area contributed by atoms with Crippen molar-refractivity contribution in [3.05, 3.63) is 95.7 Å². The van der Waals surface area contributed by atoms with Gasteiger partial charge in [-0.3, -0.25) is 9.69 Å². The van der Waals surface area contributed by atoms with Gasteiger partial charge in [-0.2, -0.15) is 0 Å². The number of hydrogen-bond acceptors (Lipinski definition) is 5. The van der Waals surface area contributed by atoms with Crippen LogP contribution >= 0.6 is 0 Å². The van der Waals surface area contributed by atoms with Crippen molar-refractivity contribution in [2.75, 3.05) is 46.5 Å². The summed E-state index contributed by atoms with van der Waals surface area (Å²) in [6.45, 7) is 5.20. The van der Waals surface area contributed by atoms with Crippen LogP contribution in [0, 0.1) is 0 Å². The van der Waals surface area contributed by atoms with Crippen molar-refractivity contribution in [3.8, 4) is 11.5 Å². The maximum Gasteiger partial charge on any atom is 0.220 e. The third-order valence-electron chi connectivity index (χ3n) is 7.37. The highest BCUT2D eigenvalue weighted by Crippen LogP contribution is 2.38. The SMILES string of the molecule is COc1ccc([C@@H](CC(=O)NCCN2CCOCC2)c2cn(C)c3ccccc23)cc1OCc1ccccc1. The number of rotatable bonds is 11. The Morgan fingerprint density at radius 3 is 2.56 bits per heavy atom. The second kappa shape index (κ2) is 12.8. The number of aryl methyl sites for hydroxylation is 1. The Kier molecular flexibility index (Phi) is 8.81. The molecule has 1 aromatic heterocycles. The number of aromatic nitrogens is 1. The highest BCUT2D eigenvalue weighted by Gasteiger charge is 2.24. The summed E-state index contributed by atoms with van der Waals surface area (Å²) in [6.07, 6.45) is 2.48. The monoisotopic (exact) mass is 527 g/mol. The lowest BCUT2D eigenvalue weighted by molar-refractivity contribution is -0.121. The molecule has 5 rings (SSSR count). The molecular weight excluding hydrogens is 490 g/mol. The maximum absolute atomic E-state index is 13.3. The normalized spacial score (nSPS) is 14.7. The molecule has 0 saturated carbocycles. The first kappa shape index (κ1) is 26.8. The summed E-state index contributed by atoms with van der Waals surface area (Å²) >= 11 is 0. The molecular formula is C32H37N3O4. The third kappa shape index (κ3) is 6.61. The Bertz CT molecular complexity index is 1380. The lowest BCUT2D eigenvalue weighted by atomic mass is 9.87. The molecule has 0 spiro atoms. The summed E-state index contributed by atoms with van der Waals surface area (Å²) in [7, 11) is 3.70. The minimum absolute atomic E-state index is 0.0313.